The molecule has 15 rings (SSSR count). The van der Waals surface area contributed by atoms with E-state index in [0.717, 1.165) is 0 Å². The van der Waals surface area contributed by atoms with Gasteiger partial charge >= 0.3 is 87.2 Å². The first-order valence-electron chi connectivity index (χ1n) is 29.2. The first-order valence-corrected chi connectivity index (χ1v) is 35.5. The number of benzene rings is 2. The summed E-state index contributed by atoms with van der Waals surface area (Å²) in [7, 11) is -19.2. The number of hydrogen-bond donors (Lipinski definition) is 0. The standard InChI is InChI=1S/C50H60N16O24S4.2Zn/c1-47-49(3)63-23-55-37-35-51(39(55)67)21-53-36-38-57(41(53)69)25-65-45(73)61-19-29-30(34(90-12-16-94(84,85)86)8-7-33(29)89-11-15-93(81,82)83)20-62-46(74)66(50(65,4)48(61,62)2)26-58(38)42(70)54(36)22-52(35)40(68)56(37)24-64(49)44(72)60(47)18-28-27(17-59(47)43(63)71)31(87-9-13-91(75,76)77)5-6-32(28)88-10-14-92(78,79)80;;/h5-8,35-38H,9-26H2,1-4H3,(H,75,76,77)(H,78,79,80)(H,81,82,83)(H,84,85,86);;/q;2*+2/p-4. The molecule has 2 aromatic carbocycles. The average molecular weight is 1520 g/mol. The average Bonchev–Trinajstić information content (AvgIpc) is 1.50. The number of ether oxygens (including phenoxy) is 4. The van der Waals surface area contributed by atoms with Crippen molar-refractivity contribution in [2.24, 2.45) is 0 Å². The number of rotatable bonds is 16. The summed E-state index contributed by atoms with van der Waals surface area (Å²) in [6.45, 7) is -1.67. The first-order chi connectivity index (χ1) is 43.9. The smallest absolute Gasteiger partial charge is 0.748 e. The molecule has 13 aliphatic rings. The fourth-order valence-electron chi connectivity index (χ4n) is 16.2. The molecule has 11 fully saturated rings. The number of carbonyl (C=O) groups is 8. The molecule has 0 bridgehead atoms. The largest absolute Gasteiger partial charge is 2.00 e. The van der Waals surface area contributed by atoms with Crippen molar-refractivity contribution in [2.75, 3.05) is 89.5 Å². The SMILES string of the molecule is CC12N3Cc4c(OCCS(=O)(=O)[O-])ccc(OCCS(=O)(=O)[O-])c4CN1C(=O)N1CN4C(=O)N5CN6C(=O)N7CN8C(=O)N9Cc%10c(OCCS(=O)(=O)[O-])ccc(OCCS(=O)(=O)[O-])c%10CN%10C(=O)N(CN%11C(=O)N(CN%12C(=O)N(CN(C3=O)C12C)C4C%125)C6C%117)C8(C)C%109C.[Zn+2].[Zn+2]. The maximum atomic E-state index is 15.5. The minimum atomic E-state index is -4.80. The summed E-state index contributed by atoms with van der Waals surface area (Å²) in [6, 6.07) is -1.01. The first kappa shape index (κ1) is 67.3. The summed E-state index contributed by atoms with van der Waals surface area (Å²) >= 11 is 0. The molecule has 40 nitrogen and oxygen atoms in total. The summed E-state index contributed by atoms with van der Waals surface area (Å²) in [4.78, 5) is 144. The Balaban J connectivity index is 0.00000417. The van der Waals surface area contributed by atoms with Crippen molar-refractivity contribution in [2.45, 2.75) is 101 Å². The molecule has 508 valence electrons. The zero-order valence-electron chi connectivity index (χ0n) is 51.3. The molecule has 13 aliphatic heterocycles. The maximum absolute atomic E-state index is 15.5. The summed E-state index contributed by atoms with van der Waals surface area (Å²) in [6.07, 6.45) is -5.34. The van der Waals surface area contributed by atoms with E-state index in [0.29, 0.717) is 0 Å². The van der Waals surface area contributed by atoms with Crippen LogP contribution in [-0.2, 0) is 106 Å². The Hall–Kier alpha value is -7.31. The van der Waals surface area contributed by atoms with Gasteiger partial charge in [-0.3, -0.25) is 78.4 Å². The Labute approximate surface area is 571 Å². The van der Waals surface area contributed by atoms with Crippen molar-refractivity contribution in [3.05, 3.63) is 46.5 Å². The number of urea groups is 8. The monoisotopic (exact) mass is 1520 g/mol. The van der Waals surface area contributed by atoms with Crippen LogP contribution in [0.15, 0.2) is 24.3 Å². The Morgan fingerprint density at radius 3 is 0.688 bits per heavy atom. The van der Waals surface area contributed by atoms with Gasteiger partial charge in [0, 0.05) is 22.3 Å². The van der Waals surface area contributed by atoms with Gasteiger partial charge in [0.05, 0.1) is 89.7 Å². The zero-order valence-corrected chi connectivity index (χ0v) is 60.5. The van der Waals surface area contributed by atoms with Crippen LogP contribution in [0.5, 0.6) is 23.0 Å². The van der Waals surface area contributed by atoms with E-state index in [4.69, 9.17) is 18.9 Å². The van der Waals surface area contributed by atoms with Crippen LogP contribution in [0, 0.1) is 0 Å². The minimum absolute atomic E-state index is 0. The van der Waals surface area contributed by atoms with Gasteiger partial charge in [0.15, 0.2) is 47.3 Å². The van der Waals surface area contributed by atoms with Gasteiger partial charge in [0.25, 0.3) is 0 Å². The predicted molar refractivity (Wildman–Crippen MR) is 299 cm³/mol. The molecule has 16 amide bonds. The van der Waals surface area contributed by atoms with Gasteiger partial charge in [-0.25, -0.2) is 72.0 Å². The van der Waals surface area contributed by atoms with E-state index in [1.807, 2.05) is 0 Å². The molecule has 0 aromatic heterocycles. The second-order valence-corrected chi connectivity index (χ2v) is 31.2. The van der Waals surface area contributed by atoms with Crippen molar-refractivity contribution >= 4 is 88.7 Å². The Bertz CT molecular complexity index is 3820. The van der Waals surface area contributed by atoms with E-state index >= 15 is 38.4 Å². The van der Waals surface area contributed by atoms with Crippen molar-refractivity contribution in [1.82, 2.24) is 78.4 Å². The molecule has 2 aromatic rings. The molecule has 11 saturated heterocycles. The third kappa shape index (κ3) is 9.08. The van der Waals surface area contributed by atoms with E-state index < -0.39 is 252 Å². The number of carbonyl (C=O) groups excluding carboxylic acids is 8. The summed E-state index contributed by atoms with van der Waals surface area (Å²) in [5.41, 5.74) is -6.48. The van der Waals surface area contributed by atoms with Crippen LogP contribution in [-0.4, -0.2) is 315 Å². The Morgan fingerprint density at radius 2 is 0.500 bits per heavy atom. The van der Waals surface area contributed by atoms with E-state index in [1.165, 1.54) is 103 Å². The van der Waals surface area contributed by atoms with Gasteiger partial charge in [-0.2, -0.15) is 0 Å². The molecular weight excluding hydrogens is 1470 g/mol. The van der Waals surface area contributed by atoms with Crippen LogP contribution in [0.4, 0.5) is 38.4 Å². The number of hydrogen-bond acceptors (Lipinski definition) is 24. The van der Waals surface area contributed by atoms with E-state index in [1.54, 1.807) is 27.7 Å². The zero-order chi connectivity index (χ0) is 67.2. The van der Waals surface area contributed by atoms with Gasteiger partial charge in [-0.15, -0.1) is 0 Å². The normalized spacial score (nSPS) is 29.8. The summed E-state index contributed by atoms with van der Waals surface area (Å²) in [5.74, 6) is -4.05. The number of amides is 16. The number of fused-ring (bicyclic) bond motifs is 2. The second kappa shape index (κ2) is 21.6. The third-order valence-electron chi connectivity index (χ3n) is 21.0. The van der Waals surface area contributed by atoms with Gasteiger partial charge < -0.3 is 37.2 Å². The van der Waals surface area contributed by atoms with E-state index in [-0.39, 0.29) is 84.2 Å². The Morgan fingerprint density at radius 1 is 0.323 bits per heavy atom. The fraction of sp³-hybridized carbons (Fsp3) is 0.600. The molecule has 13 heterocycles. The maximum Gasteiger partial charge on any atom is 2.00 e. The quantitative estimate of drug-likeness (QED) is 0.119. The van der Waals surface area contributed by atoms with E-state index in [2.05, 4.69) is 0 Å². The van der Waals surface area contributed by atoms with Crippen LogP contribution in [0.3, 0.4) is 0 Å². The van der Waals surface area contributed by atoms with Crippen LogP contribution in [0.25, 0.3) is 0 Å². The fourth-order valence-corrected chi connectivity index (χ4v) is 17.3. The van der Waals surface area contributed by atoms with Gasteiger partial charge in [0.2, 0.25) is 0 Å². The molecule has 0 spiro atoms. The van der Waals surface area contributed by atoms with Crippen molar-refractivity contribution in [3.8, 4) is 23.0 Å². The van der Waals surface area contributed by atoms with Crippen molar-refractivity contribution in [3.63, 3.8) is 0 Å². The molecule has 0 unspecified atom stereocenters. The molecule has 96 heavy (non-hydrogen) atoms. The topological polar surface area (TPSA) is 454 Å². The van der Waals surface area contributed by atoms with Gasteiger partial charge in [-0.1, -0.05) is 0 Å². The van der Waals surface area contributed by atoms with Gasteiger partial charge in [0.1, 0.15) is 89.4 Å². The second-order valence-electron chi connectivity index (χ2n) is 25.1. The molecular formula is C50H56N16O24S4Zn2. The molecule has 0 atom stereocenters. The molecule has 0 radical (unpaired) electrons. The molecule has 0 saturated carbocycles. The molecule has 0 aliphatic carbocycles. The van der Waals surface area contributed by atoms with Crippen LogP contribution in [0.2, 0.25) is 0 Å². The number of nitrogens with zero attached hydrogens (tertiary/aromatic N) is 16. The predicted octanol–water partition coefficient (Wildman–Crippen LogP) is -3.04. The minimum Gasteiger partial charge on any atom is -0.748 e. The third-order valence-corrected chi connectivity index (χ3v) is 23.7. The Kier molecular flexibility index (Phi) is 15.1. The van der Waals surface area contributed by atoms with E-state index in [9.17, 15) is 51.9 Å². The van der Waals surface area contributed by atoms with Crippen LogP contribution >= 0.6 is 0 Å². The van der Waals surface area contributed by atoms with Gasteiger partial charge in [-0.05, 0) is 52.0 Å². The molecule has 46 heteroatoms. The van der Waals surface area contributed by atoms with Crippen molar-refractivity contribution < 1.29 is 148 Å². The van der Waals surface area contributed by atoms with Crippen LogP contribution in [0.1, 0.15) is 49.9 Å². The van der Waals surface area contributed by atoms with Crippen molar-refractivity contribution in [1.29, 1.82) is 0 Å². The summed E-state index contributed by atoms with van der Waals surface area (Å²) < 4.78 is 163. The molecule has 0 N–H and O–H groups in total. The van der Waals surface area contributed by atoms with Crippen LogP contribution < -0.4 is 18.9 Å². The summed E-state index contributed by atoms with van der Waals surface area (Å²) in [5, 5.41) is 0.